The second kappa shape index (κ2) is 7.24. The van der Waals surface area contributed by atoms with Gasteiger partial charge in [0.05, 0.1) is 0 Å². The number of nitrogens with zero attached hydrogens (tertiary/aromatic N) is 1. The zero-order valence-electron chi connectivity index (χ0n) is 13.5. The van der Waals surface area contributed by atoms with Crippen molar-refractivity contribution in [3.05, 3.63) is 0 Å². The van der Waals surface area contributed by atoms with Crippen LogP contribution in [0.15, 0.2) is 0 Å². The zero-order valence-corrected chi connectivity index (χ0v) is 13.5. The van der Waals surface area contributed by atoms with Crippen LogP contribution in [-0.4, -0.2) is 42.3 Å². The number of aliphatic hydroxyl groups excluding tert-OH is 1. The molecular formula is C17H34N2O. The van der Waals surface area contributed by atoms with Gasteiger partial charge in [0.15, 0.2) is 0 Å². The van der Waals surface area contributed by atoms with E-state index in [0.717, 1.165) is 18.9 Å². The lowest BCUT2D eigenvalue weighted by atomic mass is 9.74. The highest BCUT2D eigenvalue weighted by Gasteiger charge is 2.36. The minimum absolute atomic E-state index is 0.164. The molecule has 1 aliphatic carbocycles. The fourth-order valence-electron chi connectivity index (χ4n) is 4.43. The summed E-state index contributed by atoms with van der Waals surface area (Å²) < 4.78 is 0. The number of piperidine rings is 1. The average molecular weight is 282 g/mol. The van der Waals surface area contributed by atoms with Gasteiger partial charge >= 0.3 is 0 Å². The van der Waals surface area contributed by atoms with Gasteiger partial charge < -0.3 is 15.7 Å². The lowest BCUT2D eigenvalue weighted by Crippen LogP contribution is -2.48. The van der Waals surface area contributed by atoms with Gasteiger partial charge in [0.25, 0.3) is 0 Å². The third-order valence-electron chi connectivity index (χ3n) is 5.32. The van der Waals surface area contributed by atoms with Crippen LogP contribution >= 0.6 is 0 Å². The molecule has 0 amide bonds. The Morgan fingerprint density at radius 1 is 1.25 bits per heavy atom. The standard InChI is InChI=1S/C17H34N2O/c1-14(2)10-17(13-20)8-3-9-19(12-17)11-15-4-6-16(18)7-5-15/h14-16,20H,3-13,18H2,1-2H3/t15?,16?,17-/m0/s1. The summed E-state index contributed by atoms with van der Waals surface area (Å²) in [6.07, 6.45) is 8.62. The van der Waals surface area contributed by atoms with Crippen LogP contribution in [0.25, 0.3) is 0 Å². The molecule has 2 rings (SSSR count). The van der Waals surface area contributed by atoms with Gasteiger partial charge in [-0.2, -0.15) is 0 Å². The van der Waals surface area contributed by atoms with Crippen LogP contribution in [0.5, 0.6) is 0 Å². The maximum Gasteiger partial charge on any atom is 0.0499 e. The number of hydrogen-bond acceptors (Lipinski definition) is 3. The molecule has 0 unspecified atom stereocenters. The fourth-order valence-corrected chi connectivity index (χ4v) is 4.43. The Morgan fingerprint density at radius 2 is 1.95 bits per heavy atom. The van der Waals surface area contributed by atoms with Crippen molar-refractivity contribution < 1.29 is 5.11 Å². The van der Waals surface area contributed by atoms with Crippen molar-refractivity contribution >= 4 is 0 Å². The maximum atomic E-state index is 9.91. The third kappa shape index (κ3) is 4.44. The van der Waals surface area contributed by atoms with E-state index in [9.17, 15) is 5.11 Å². The van der Waals surface area contributed by atoms with E-state index in [1.54, 1.807) is 0 Å². The van der Waals surface area contributed by atoms with Gasteiger partial charge in [0.2, 0.25) is 0 Å². The molecule has 1 atom stereocenters. The van der Waals surface area contributed by atoms with Gasteiger partial charge in [0.1, 0.15) is 0 Å². The van der Waals surface area contributed by atoms with Crippen LogP contribution < -0.4 is 5.73 Å². The van der Waals surface area contributed by atoms with Crippen LogP contribution in [0.4, 0.5) is 0 Å². The normalized spacial score (nSPS) is 36.5. The highest BCUT2D eigenvalue weighted by molar-refractivity contribution is 4.89. The molecule has 0 aromatic rings. The van der Waals surface area contributed by atoms with Gasteiger partial charge in [-0.1, -0.05) is 13.8 Å². The predicted octanol–water partition coefficient (Wildman–Crippen LogP) is 2.62. The number of rotatable bonds is 5. The number of likely N-dealkylation sites (tertiary alicyclic amines) is 1. The predicted molar refractivity (Wildman–Crippen MR) is 84.6 cm³/mol. The lowest BCUT2D eigenvalue weighted by Gasteiger charge is -2.44. The number of aliphatic hydroxyl groups is 1. The molecule has 0 bridgehead atoms. The molecule has 0 radical (unpaired) electrons. The molecule has 1 heterocycles. The first-order valence-electron chi connectivity index (χ1n) is 8.62. The first kappa shape index (κ1) is 16.3. The molecule has 1 saturated carbocycles. The van der Waals surface area contributed by atoms with Gasteiger partial charge in [-0.15, -0.1) is 0 Å². The van der Waals surface area contributed by atoms with E-state index in [2.05, 4.69) is 18.7 Å². The van der Waals surface area contributed by atoms with Gasteiger partial charge in [0, 0.05) is 31.2 Å². The SMILES string of the molecule is CC(C)C[C@@]1(CO)CCCN(CC2CCC(N)CC2)C1. The second-order valence-corrected chi connectivity index (χ2v) is 7.88. The van der Waals surface area contributed by atoms with Crippen LogP contribution in [0.3, 0.4) is 0 Å². The molecule has 0 spiro atoms. The molecule has 20 heavy (non-hydrogen) atoms. The van der Waals surface area contributed by atoms with Gasteiger partial charge in [-0.3, -0.25) is 0 Å². The van der Waals surface area contributed by atoms with E-state index in [1.165, 1.54) is 51.6 Å². The Labute approximate surface area is 124 Å². The van der Waals surface area contributed by atoms with Crippen LogP contribution in [-0.2, 0) is 0 Å². The van der Waals surface area contributed by atoms with Crippen molar-refractivity contribution in [2.24, 2.45) is 23.0 Å². The summed E-state index contributed by atoms with van der Waals surface area (Å²) in [5.41, 5.74) is 6.17. The summed E-state index contributed by atoms with van der Waals surface area (Å²) in [5.74, 6) is 1.51. The van der Waals surface area contributed by atoms with Gasteiger partial charge in [-0.25, -0.2) is 0 Å². The van der Waals surface area contributed by atoms with Crippen molar-refractivity contribution in [1.29, 1.82) is 0 Å². The van der Waals surface area contributed by atoms with E-state index in [1.807, 2.05) is 0 Å². The molecule has 0 aromatic heterocycles. The topological polar surface area (TPSA) is 49.5 Å². The summed E-state index contributed by atoms with van der Waals surface area (Å²) in [4.78, 5) is 2.63. The van der Waals surface area contributed by atoms with E-state index in [0.29, 0.717) is 18.6 Å². The Balaban J connectivity index is 1.86. The second-order valence-electron chi connectivity index (χ2n) is 7.88. The van der Waals surface area contributed by atoms with Crippen molar-refractivity contribution in [2.75, 3.05) is 26.2 Å². The molecular weight excluding hydrogens is 248 g/mol. The van der Waals surface area contributed by atoms with Crippen LogP contribution in [0, 0.1) is 17.3 Å². The van der Waals surface area contributed by atoms with Crippen molar-refractivity contribution in [3.63, 3.8) is 0 Å². The summed E-state index contributed by atoms with van der Waals surface area (Å²) in [6, 6.07) is 0.449. The Hall–Kier alpha value is -0.120. The lowest BCUT2D eigenvalue weighted by molar-refractivity contribution is 0.00822. The number of nitrogens with two attached hydrogens (primary N) is 1. The summed E-state index contributed by atoms with van der Waals surface area (Å²) in [6.45, 7) is 8.47. The maximum absolute atomic E-state index is 9.91. The molecule has 3 N–H and O–H groups in total. The summed E-state index contributed by atoms with van der Waals surface area (Å²) in [7, 11) is 0. The third-order valence-corrected chi connectivity index (χ3v) is 5.32. The summed E-state index contributed by atoms with van der Waals surface area (Å²) >= 11 is 0. The first-order chi connectivity index (χ1) is 9.53. The van der Waals surface area contributed by atoms with Crippen molar-refractivity contribution in [1.82, 2.24) is 4.90 Å². The van der Waals surface area contributed by atoms with Gasteiger partial charge in [-0.05, 0) is 63.3 Å². The van der Waals surface area contributed by atoms with E-state index >= 15 is 0 Å². The Bertz CT molecular complexity index is 287. The van der Waals surface area contributed by atoms with E-state index < -0.39 is 0 Å². The molecule has 118 valence electrons. The highest BCUT2D eigenvalue weighted by Crippen LogP contribution is 2.36. The minimum Gasteiger partial charge on any atom is -0.396 e. The Kier molecular flexibility index (Phi) is 5.88. The van der Waals surface area contributed by atoms with Crippen molar-refractivity contribution in [2.45, 2.75) is 64.8 Å². The zero-order chi connectivity index (χ0) is 14.6. The Morgan fingerprint density at radius 3 is 2.55 bits per heavy atom. The molecule has 3 nitrogen and oxygen atoms in total. The fraction of sp³-hybridized carbons (Fsp3) is 1.00. The van der Waals surface area contributed by atoms with E-state index in [-0.39, 0.29) is 5.41 Å². The minimum atomic E-state index is 0.164. The highest BCUT2D eigenvalue weighted by atomic mass is 16.3. The first-order valence-corrected chi connectivity index (χ1v) is 8.62. The average Bonchev–Trinajstić information content (AvgIpc) is 2.41. The smallest absolute Gasteiger partial charge is 0.0499 e. The quantitative estimate of drug-likeness (QED) is 0.815. The molecule has 1 aliphatic heterocycles. The largest absolute Gasteiger partial charge is 0.396 e. The van der Waals surface area contributed by atoms with Crippen LogP contribution in [0.1, 0.15) is 58.8 Å². The molecule has 0 aromatic carbocycles. The number of hydrogen-bond donors (Lipinski definition) is 2. The monoisotopic (exact) mass is 282 g/mol. The molecule has 2 fully saturated rings. The molecule has 1 saturated heterocycles. The van der Waals surface area contributed by atoms with Crippen LogP contribution in [0.2, 0.25) is 0 Å². The molecule has 2 aliphatic rings. The van der Waals surface area contributed by atoms with E-state index in [4.69, 9.17) is 5.73 Å². The van der Waals surface area contributed by atoms with Crippen molar-refractivity contribution in [3.8, 4) is 0 Å². The summed E-state index contributed by atoms with van der Waals surface area (Å²) in [5, 5.41) is 9.91. The molecule has 3 heteroatoms.